The Hall–Kier alpha value is -2.15. The van der Waals surface area contributed by atoms with Crippen LogP contribution in [0.15, 0.2) is 65.6 Å². The van der Waals surface area contributed by atoms with Crippen LogP contribution < -0.4 is 4.72 Å². The second-order valence-electron chi connectivity index (χ2n) is 6.39. The van der Waals surface area contributed by atoms with Gasteiger partial charge in [0.05, 0.1) is 5.69 Å². The van der Waals surface area contributed by atoms with Crippen LogP contribution in [0.3, 0.4) is 0 Å². The molecular weight excluding hydrogens is 382 g/mol. The van der Waals surface area contributed by atoms with E-state index in [4.69, 9.17) is 11.6 Å². The van der Waals surface area contributed by atoms with Gasteiger partial charge in [0.2, 0.25) is 10.0 Å². The van der Waals surface area contributed by atoms with Gasteiger partial charge in [0.25, 0.3) is 0 Å². The summed E-state index contributed by atoms with van der Waals surface area (Å²) >= 11 is 6.11. The maximum Gasteiger partial charge on any atom is 0.245 e. The van der Waals surface area contributed by atoms with Crippen molar-refractivity contribution in [3.63, 3.8) is 0 Å². The highest BCUT2D eigenvalue weighted by molar-refractivity contribution is 7.89. The summed E-state index contributed by atoms with van der Waals surface area (Å²) in [6.07, 6.45) is 0.629. The minimum absolute atomic E-state index is 0.0441. The highest BCUT2D eigenvalue weighted by atomic mass is 35.5. The van der Waals surface area contributed by atoms with E-state index < -0.39 is 10.0 Å². The van der Waals surface area contributed by atoms with Gasteiger partial charge in [-0.2, -0.15) is 5.10 Å². The summed E-state index contributed by atoms with van der Waals surface area (Å²) in [7, 11) is -2.11. The average Bonchev–Trinajstić information content (AvgIpc) is 2.92. The zero-order chi connectivity index (χ0) is 19.4. The van der Waals surface area contributed by atoms with E-state index in [1.165, 1.54) is 4.68 Å². The molecule has 0 unspecified atom stereocenters. The third-order valence-corrected chi connectivity index (χ3v) is 6.65. The van der Waals surface area contributed by atoms with E-state index in [0.717, 1.165) is 11.1 Å². The van der Waals surface area contributed by atoms with Crippen molar-refractivity contribution in [2.45, 2.75) is 24.2 Å². The van der Waals surface area contributed by atoms with E-state index in [9.17, 15) is 8.42 Å². The predicted molar refractivity (Wildman–Crippen MR) is 107 cm³/mol. The lowest BCUT2D eigenvalue weighted by Gasteiger charge is -2.18. The number of nitrogens with one attached hydrogen (secondary N) is 1. The summed E-state index contributed by atoms with van der Waals surface area (Å²) in [5, 5.41) is 4.19. The third-order valence-electron chi connectivity index (χ3n) is 4.50. The first-order valence-electron chi connectivity index (χ1n) is 8.69. The monoisotopic (exact) mass is 403 g/mol. The number of hydrogen-bond donors (Lipinski definition) is 1. The maximum absolute atomic E-state index is 12.7. The Labute approximate surface area is 165 Å². The number of sulfonamides is 1. The zero-order valence-corrected chi connectivity index (χ0v) is 16.8. The van der Waals surface area contributed by atoms with E-state index in [1.807, 2.05) is 36.4 Å². The van der Waals surface area contributed by atoms with Crippen LogP contribution in [0.1, 0.15) is 29.2 Å². The largest absolute Gasteiger partial charge is 0.255 e. The molecule has 0 saturated heterocycles. The van der Waals surface area contributed by atoms with Crippen molar-refractivity contribution in [3.05, 3.63) is 82.6 Å². The molecule has 1 N–H and O–H groups in total. The molecule has 0 radical (unpaired) electrons. The minimum Gasteiger partial charge on any atom is -0.255 e. The quantitative estimate of drug-likeness (QED) is 0.651. The van der Waals surface area contributed by atoms with Gasteiger partial charge in [0.15, 0.2) is 0 Å². The van der Waals surface area contributed by atoms with Gasteiger partial charge in [0.1, 0.15) is 10.0 Å². The van der Waals surface area contributed by atoms with Gasteiger partial charge < -0.3 is 0 Å². The van der Waals surface area contributed by atoms with Crippen LogP contribution in [0, 0.1) is 6.92 Å². The molecule has 5 nitrogen and oxygen atoms in total. The van der Waals surface area contributed by atoms with Crippen molar-refractivity contribution < 1.29 is 8.42 Å². The first-order valence-corrected chi connectivity index (χ1v) is 10.5. The Morgan fingerprint density at radius 1 is 1.04 bits per heavy atom. The Bertz CT molecular complexity index is 963. The highest BCUT2D eigenvalue weighted by Gasteiger charge is 2.25. The summed E-state index contributed by atoms with van der Waals surface area (Å²) in [5.41, 5.74) is 2.69. The van der Waals surface area contributed by atoms with Crippen molar-refractivity contribution in [1.29, 1.82) is 0 Å². The second-order valence-corrected chi connectivity index (χ2v) is 8.45. The Morgan fingerprint density at radius 3 is 2.00 bits per heavy atom. The maximum atomic E-state index is 12.7. The van der Waals surface area contributed by atoms with Gasteiger partial charge in [-0.1, -0.05) is 72.3 Å². The molecule has 3 rings (SSSR count). The van der Waals surface area contributed by atoms with Crippen molar-refractivity contribution >= 4 is 21.6 Å². The first kappa shape index (κ1) is 19.6. The van der Waals surface area contributed by atoms with Gasteiger partial charge >= 0.3 is 0 Å². The lowest BCUT2D eigenvalue weighted by Crippen LogP contribution is -2.26. The fourth-order valence-electron chi connectivity index (χ4n) is 3.22. The van der Waals surface area contributed by atoms with E-state index in [-0.39, 0.29) is 16.0 Å². The molecule has 2 aromatic carbocycles. The van der Waals surface area contributed by atoms with Gasteiger partial charge in [-0.05, 0) is 24.5 Å². The number of benzene rings is 2. The number of rotatable bonds is 7. The summed E-state index contributed by atoms with van der Waals surface area (Å²) < 4.78 is 29.4. The van der Waals surface area contributed by atoms with Crippen LogP contribution in [0.5, 0.6) is 0 Å². The summed E-state index contributed by atoms with van der Waals surface area (Å²) in [4.78, 5) is 0.0441. The molecule has 0 fully saturated rings. The van der Waals surface area contributed by atoms with Crippen LogP contribution in [0.2, 0.25) is 5.15 Å². The molecule has 1 aromatic heterocycles. The number of aryl methyl sites for hydroxylation is 2. The third kappa shape index (κ3) is 4.40. The predicted octanol–water partition coefficient (Wildman–Crippen LogP) is 3.88. The van der Waals surface area contributed by atoms with E-state index in [1.54, 1.807) is 14.0 Å². The summed E-state index contributed by atoms with van der Waals surface area (Å²) in [6, 6.07) is 20.2. The van der Waals surface area contributed by atoms with Crippen molar-refractivity contribution in [2.75, 3.05) is 6.54 Å². The molecule has 0 aliphatic heterocycles. The summed E-state index contributed by atoms with van der Waals surface area (Å²) in [6.45, 7) is 1.93. The fourth-order valence-corrected chi connectivity index (χ4v) is 5.02. The zero-order valence-electron chi connectivity index (χ0n) is 15.3. The highest BCUT2D eigenvalue weighted by Crippen LogP contribution is 2.28. The normalized spacial score (nSPS) is 11.9. The van der Waals surface area contributed by atoms with Gasteiger partial charge in [-0.25, -0.2) is 13.1 Å². The SMILES string of the molecule is Cc1nn(C)c(Cl)c1S(=O)(=O)NCCC(c1ccccc1)c1ccccc1. The van der Waals surface area contributed by atoms with Crippen LogP contribution >= 0.6 is 11.6 Å². The molecule has 0 atom stereocenters. The van der Waals surface area contributed by atoms with Crippen molar-refractivity contribution in [3.8, 4) is 0 Å². The van der Waals surface area contributed by atoms with E-state index in [2.05, 4.69) is 34.1 Å². The second kappa shape index (κ2) is 8.25. The van der Waals surface area contributed by atoms with Crippen molar-refractivity contribution in [1.82, 2.24) is 14.5 Å². The number of halogens is 1. The molecule has 0 saturated carbocycles. The first-order chi connectivity index (χ1) is 12.9. The van der Waals surface area contributed by atoms with Crippen LogP contribution in [-0.2, 0) is 17.1 Å². The minimum atomic E-state index is -3.73. The lowest BCUT2D eigenvalue weighted by molar-refractivity contribution is 0.574. The molecule has 1 heterocycles. The molecule has 0 aliphatic carbocycles. The van der Waals surface area contributed by atoms with Gasteiger partial charge in [-0.15, -0.1) is 0 Å². The van der Waals surface area contributed by atoms with Gasteiger partial charge in [-0.3, -0.25) is 4.68 Å². The summed E-state index contributed by atoms with van der Waals surface area (Å²) in [5.74, 6) is 0.0977. The Balaban J connectivity index is 1.78. The lowest BCUT2D eigenvalue weighted by atomic mass is 9.89. The molecule has 0 spiro atoms. The number of aromatic nitrogens is 2. The molecule has 0 bridgehead atoms. The standard InChI is InChI=1S/C20H22ClN3O2S/c1-15-19(20(21)24(2)23-15)27(25,26)22-14-13-18(16-9-5-3-6-10-16)17-11-7-4-8-12-17/h3-12,18,22H,13-14H2,1-2H3. The fraction of sp³-hybridized carbons (Fsp3) is 0.250. The molecule has 7 heteroatoms. The Kier molecular flexibility index (Phi) is 5.99. The topological polar surface area (TPSA) is 64.0 Å². The molecule has 3 aromatic rings. The van der Waals surface area contributed by atoms with Gasteiger partial charge in [0, 0.05) is 19.5 Å². The molecule has 0 aliphatic rings. The van der Waals surface area contributed by atoms with E-state index in [0.29, 0.717) is 18.7 Å². The molecule has 0 amide bonds. The van der Waals surface area contributed by atoms with E-state index >= 15 is 0 Å². The van der Waals surface area contributed by atoms with Crippen LogP contribution in [-0.4, -0.2) is 24.7 Å². The number of hydrogen-bond acceptors (Lipinski definition) is 3. The Morgan fingerprint density at radius 2 is 1.56 bits per heavy atom. The van der Waals surface area contributed by atoms with Crippen molar-refractivity contribution in [2.24, 2.45) is 7.05 Å². The van der Waals surface area contributed by atoms with Crippen LogP contribution in [0.4, 0.5) is 0 Å². The molecule has 27 heavy (non-hydrogen) atoms. The number of nitrogens with zero attached hydrogens (tertiary/aromatic N) is 2. The smallest absolute Gasteiger partial charge is 0.245 e. The average molecular weight is 404 g/mol. The molecular formula is C20H22ClN3O2S. The molecule has 142 valence electrons. The van der Waals surface area contributed by atoms with Crippen LogP contribution in [0.25, 0.3) is 0 Å².